The Hall–Kier alpha value is -3.94. The highest BCUT2D eigenvalue weighted by atomic mass is 32.1. The molecule has 1 fully saturated rings. The molecule has 4 heterocycles. The van der Waals surface area contributed by atoms with Crippen molar-refractivity contribution in [3.63, 3.8) is 0 Å². The van der Waals surface area contributed by atoms with Gasteiger partial charge < -0.3 is 31.7 Å². The van der Waals surface area contributed by atoms with Crippen LogP contribution in [0, 0.1) is 0 Å². The summed E-state index contributed by atoms with van der Waals surface area (Å²) in [6.45, 7) is 1.22. The summed E-state index contributed by atoms with van der Waals surface area (Å²) in [7, 11) is 3.97. The number of aliphatic hydroxyl groups excluding tert-OH is 1. The largest absolute Gasteiger partial charge is 0.434 e. The quantitative estimate of drug-likeness (QED) is 0.234. The van der Waals surface area contributed by atoms with E-state index in [1.165, 1.54) is 6.07 Å². The number of hydrogen-bond donors (Lipinski definition) is 4. The van der Waals surface area contributed by atoms with Crippen molar-refractivity contribution >= 4 is 44.5 Å². The number of nitrogen functional groups attached to an aromatic ring is 1. The number of nitrogens with one attached hydrogen (secondary N) is 1. The van der Waals surface area contributed by atoms with Crippen molar-refractivity contribution in [1.82, 2.24) is 15.3 Å². The first-order valence-electron chi connectivity index (χ1n) is 13.4. The smallest absolute Gasteiger partial charge is 0.397 e. The average Bonchev–Trinajstić information content (AvgIpc) is 3.31. The van der Waals surface area contributed by atoms with Gasteiger partial charge in [-0.25, -0.2) is 4.98 Å². The molecule has 1 atom stereocenters. The Balaban J connectivity index is 1.21. The fraction of sp³-hybridized carbons (Fsp3) is 0.345. The van der Waals surface area contributed by atoms with Crippen LogP contribution < -0.4 is 26.6 Å². The number of rotatable bonds is 8. The third kappa shape index (κ3) is 6.13. The summed E-state index contributed by atoms with van der Waals surface area (Å²) in [5.41, 5.74) is 13.4. The molecule has 0 radical (unpaired) electrons. The van der Waals surface area contributed by atoms with Gasteiger partial charge in [-0.05, 0) is 42.7 Å². The second-order valence-corrected chi connectivity index (χ2v) is 11.6. The lowest BCUT2D eigenvalue weighted by Crippen LogP contribution is -2.44. The van der Waals surface area contributed by atoms with Gasteiger partial charge in [-0.1, -0.05) is 18.2 Å². The minimum Gasteiger partial charge on any atom is -0.397 e. The standard InChI is InChI=1S/C29H32F3N7O2S/c1-38(2)19-5-3-4-16(12-19)17-6-7-20(36-14-17)21(40)15-35-18-8-10-39(11-9-18)23-13-22-24(27(37-23)29(30,31)32)25(33)26(42-22)28(34)41/h3-7,12-14,18,21,35,40H,8-11,15,33H2,1-2H3,(H2,34,41). The molecule has 0 saturated carbocycles. The number of nitrogens with two attached hydrogens (primary N) is 2. The van der Waals surface area contributed by atoms with Gasteiger partial charge in [0, 0.05) is 67.3 Å². The second kappa shape index (κ2) is 11.7. The minimum absolute atomic E-state index is 0.0635. The molecule has 1 aliphatic heterocycles. The third-order valence-electron chi connectivity index (χ3n) is 7.43. The number of amides is 1. The van der Waals surface area contributed by atoms with Crippen molar-refractivity contribution < 1.29 is 23.1 Å². The van der Waals surface area contributed by atoms with Crippen LogP contribution in [-0.4, -0.2) is 60.8 Å². The van der Waals surface area contributed by atoms with Crippen LogP contribution in [-0.2, 0) is 6.18 Å². The number of alkyl halides is 3. The van der Waals surface area contributed by atoms with E-state index >= 15 is 0 Å². The van der Waals surface area contributed by atoms with E-state index in [-0.39, 0.29) is 32.5 Å². The molecule has 1 amide bonds. The minimum atomic E-state index is -4.75. The second-order valence-electron chi connectivity index (χ2n) is 10.5. The van der Waals surface area contributed by atoms with Crippen LogP contribution in [0.2, 0.25) is 0 Å². The molecule has 1 aliphatic rings. The highest BCUT2D eigenvalue weighted by Crippen LogP contribution is 2.43. The molecule has 1 saturated heterocycles. The summed E-state index contributed by atoms with van der Waals surface area (Å²) in [6.07, 6.45) is -2.54. The molecule has 222 valence electrons. The van der Waals surface area contributed by atoms with Crippen LogP contribution in [0.3, 0.4) is 0 Å². The van der Waals surface area contributed by atoms with Crippen molar-refractivity contribution in [2.75, 3.05) is 49.3 Å². The maximum atomic E-state index is 13.9. The predicted octanol–water partition coefficient (Wildman–Crippen LogP) is 4.42. The zero-order valence-electron chi connectivity index (χ0n) is 23.2. The number of aromatic nitrogens is 2. The van der Waals surface area contributed by atoms with Gasteiger partial charge in [-0.3, -0.25) is 9.78 Å². The molecule has 3 aromatic heterocycles. The fourth-order valence-corrected chi connectivity index (χ4v) is 6.12. The number of aliphatic hydroxyl groups is 1. The van der Waals surface area contributed by atoms with E-state index in [0.717, 1.165) is 28.2 Å². The lowest BCUT2D eigenvalue weighted by molar-refractivity contribution is -0.139. The Morgan fingerprint density at radius 3 is 2.55 bits per heavy atom. The van der Waals surface area contributed by atoms with Crippen LogP contribution in [0.15, 0.2) is 48.7 Å². The number of carbonyl (C=O) groups is 1. The Kier molecular flexibility index (Phi) is 8.26. The molecule has 5 rings (SSSR count). The molecule has 1 aromatic carbocycles. The van der Waals surface area contributed by atoms with E-state index in [1.807, 2.05) is 49.3 Å². The molecule has 0 spiro atoms. The molecule has 0 bridgehead atoms. The van der Waals surface area contributed by atoms with Gasteiger partial charge in [-0.2, -0.15) is 13.2 Å². The first-order valence-corrected chi connectivity index (χ1v) is 14.2. The molecule has 0 aliphatic carbocycles. The summed E-state index contributed by atoms with van der Waals surface area (Å²) in [6, 6.07) is 13.5. The third-order valence-corrected chi connectivity index (χ3v) is 8.60. The van der Waals surface area contributed by atoms with Gasteiger partial charge in [0.05, 0.1) is 11.4 Å². The van der Waals surface area contributed by atoms with E-state index in [1.54, 1.807) is 11.1 Å². The predicted molar refractivity (Wildman–Crippen MR) is 160 cm³/mol. The average molecular weight is 600 g/mol. The number of benzene rings is 1. The van der Waals surface area contributed by atoms with Gasteiger partial charge in [0.25, 0.3) is 5.91 Å². The van der Waals surface area contributed by atoms with E-state index in [4.69, 9.17) is 11.5 Å². The monoisotopic (exact) mass is 599 g/mol. The Labute approximate surface area is 245 Å². The maximum absolute atomic E-state index is 13.9. The molecular formula is C29H32F3N7O2S. The van der Waals surface area contributed by atoms with E-state index < -0.39 is 23.9 Å². The zero-order chi connectivity index (χ0) is 30.2. The Morgan fingerprint density at radius 2 is 1.93 bits per heavy atom. The van der Waals surface area contributed by atoms with Crippen molar-refractivity contribution in [3.05, 3.63) is 64.9 Å². The molecule has 9 nitrogen and oxygen atoms in total. The van der Waals surface area contributed by atoms with Crippen molar-refractivity contribution in [3.8, 4) is 11.1 Å². The van der Waals surface area contributed by atoms with Crippen molar-refractivity contribution in [2.45, 2.75) is 31.2 Å². The lowest BCUT2D eigenvalue weighted by Gasteiger charge is -2.34. The zero-order valence-corrected chi connectivity index (χ0v) is 24.0. The number of fused-ring (bicyclic) bond motifs is 1. The Bertz CT molecular complexity index is 1580. The van der Waals surface area contributed by atoms with Gasteiger partial charge in [0.15, 0.2) is 5.69 Å². The number of hydrogen-bond acceptors (Lipinski definition) is 9. The van der Waals surface area contributed by atoms with Gasteiger partial charge in [-0.15, -0.1) is 11.3 Å². The van der Waals surface area contributed by atoms with Crippen LogP contribution in [0.4, 0.5) is 30.4 Å². The molecule has 42 heavy (non-hydrogen) atoms. The first-order chi connectivity index (χ1) is 19.9. The van der Waals surface area contributed by atoms with Gasteiger partial charge in [0.2, 0.25) is 0 Å². The normalized spacial score (nSPS) is 15.2. The number of halogens is 3. The summed E-state index contributed by atoms with van der Waals surface area (Å²) < 4.78 is 41.9. The lowest BCUT2D eigenvalue weighted by atomic mass is 10.0. The summed E-state index contributed by atoms with van der Waals surface area (Å²) >= 11 is 0.837. The van der Waals surface area contributed by atoms with Crippen LogP contribution in [0.5, 0.6) is 0 Å². The first kappa shape index (κ1) is 29.5. The van der Waals surface area contributed by atoms with Gasteiger partial charge >= 0.3 is 6.18 Å². The molecule has 1 unspecified atom stereocenters. The molecule has 13 heteroatoms. The number of nitrogens with zero attached hydrogens (tertiary/aromatic N) is 4. The number of pyridine rings is 2. The highest BCUT2D eigenvalue weighted by molar-refractivity contribution is 7.21. The summed E-state index contributed by atoms with van der Waals surface area (Å²) in [5, 5.41) is 13.8. The van der Waals surface area contributed by atoms with E-state index in [2.05, 4.69) is 21.4 Å². The number of piperidine rings is 1. The Morgan fingerprint density at radius 1 is 1.19 bits per heavy atom. The molecule has 6 N–H and O–H groups in total. The fourth-order valence-electron chi connectivity index (χ4n) is 5.11. The summed E-state index contributed by atoms with van der Waals surface area (Å²) in [5.74, 6) is -0.704. The van der Waals surface area contributed by atoms with E-state index in [9.17, 15) is 23.1 Å². The molecular weight excluding hydrogens is 567 g/mol. The highest BCUT2D eigenvalue weighted by Gasteiger charge is 2.38. The van der Waals surface area contributed by atoms with E-state index in [0.29, 0.717) is 38.2 Å². The maximum Gasteiger partial charge on any atom is 0.434 e. The van der Waals surface area contributed by atoms with Crippen LogP contribution in [0.25, 0.3) is 21.2 Å². The number of primary amides is 1. The number of thiophene rings is 1. The summed E-state index contributed by atoms with van der Waals surface area (Å²) in [4.78, 5) is 23.8. The van der Waals surface area contributed by atoms with Gasteiger partial charge in [0.1, 0.15) is 16.8 Å². The SMILES string of the molecule is CN(C)c1cccc(-c2ccc(C(O)CNC3CCN(c4cc5sc(C(N)=O)c(N)c5c(C(F)(F)F)n4)CC3)nc2)c1. The van der Waals surface area contributed by atoms with Crippen LogP contribution >= 0.6 is 11.3 Å². The van der Waals surface area contributed by atoms with Crippen LogP contribution in [0.1, 0.15) is 40.0 Å². The number of carbonyl (C=O) groups excluding carboxylic acids is 1. The topological polar surface area (TPSA) is 134 Å². The van der Waals surface area contributed by atoms with Crippen molar-refractivity contribution in [2.24, 2.45) is 5.73 Å². The van der Waals surface area contributed by atoms with Crippen molar-refractivity contribution in [1.29, 1.82) is 0 Å². The number of anilines is 3. The molecule has 4 aromatic rings.